The molecule has 1 amide bonds. The van der Waals surface area contributed by atoms with Crippen molar-refractivity contribution in [2.24, 2.45) is 5.92 Å². The summed E-state index contributed by atoms with van der Waals surface area (Å²) in [4.78, 5) is 13.1. The Kier molecular flexibility index (Phi) is 7.59. The van der Waals surface area contributed by atoms with Crippen LogP contribution in [-0.2, 0) is 20.4 Å². The number of rotatable bonds is 11. The molecule has 1 saturated carbocycles. The van der Waals surface area contributed by atoms with Gasteiger partial charge in [-0.15, -0.1) is 0 Å². The van der Waals surface area contributed by atoms with Crippen LogP contribution in [0.25, 0.3) is 0 Å². The zero-order valence-electron chi connectivity index (χ0n) is 18.7. The van der Waals surface area contributed by atoms with E-state index >= 15 is 0 Å². The van der Waals surface area contributed by atoms with Crippen molar-refractivity contribution in [2.45, 2.75) is 58.0 Å². The SMILES string of the molecule is CC(C)COc1cc(C2(NS(=O)(=O)CC/C=C/CN3C(O)NC(=O)[C@H]3C)CC2)ccc1F. The molecule has 32 heavy (non-hydrogen) atoms. The summed E-state index contributed by atoms with van der Waals surface area (Å²) in [5, 5.41) is 12.2. The molecule has 10 heteroatoms. The van der Waals surface area contributed by atoms with Crippen molar-refractivity contribution in [1.29, 1.82) is 0 Å². The van der Waals surface area contributed by atoms with E-state index in [4.69, 9.17) is 4.74 Å². The van der Waals surface area contributed by atoms with Crippen molar-refractivity contribution in [2.75, 3.05) is 18.9 Å². The van der Waals surface area contributed by atoms with E-state index < -0.39 is 33.8 Å². The Labute approximate surface area is 188 Å². The Morgan fingerprint density at radius 2 is 2.09 bits per heavy atom. The van der Waals surface area contributed by atoms with Crippen LogP contribution in [0.3, 0.4) is 0 Å². The van der Waals surface area contributed by atoms with E-state index in [1.165, 1.54) is 6.07 Å². The predicted molar refractivity (Wildman–Crippen MR) is 119 cm³/mol. The number of halogens is 1. The third kappa shape index (κ3) is 6.06. The van der Waals surface area contributed by atoms with Gasteiger partial charge >= 0.3 is 0 Å². The molecule has 1 saturated heterocycles. The van der Waals surface area contributed by atoms with E-state index in [-0.39, 0.29) is 29.7 Å². The van der Waals surface area contributed by atoms with Gasteiger partial charge in [-0.3, -0.25) is 4.79 Å². The quantitative estimate of drug-likeness (QED) is 0.427. The topological polar surface area (TPSA) is 108 Å². The van der Waals surface area contributed by atoms with Gasteiger partial charge in [0.2, 0.25) is 15.9 Å². The first kappa shape index (κ1) is 24.6. The monoisotopic (exact) mass is 469 g/mol. The summed E-state index contributed by atoms with van der Waals surface area (Å²) in [6.45, 7) is 6.33. The molecule has 1 aromatic rings. The largest absolute Gasteiger partial charge is 0.490 e. The minimum Gasteiger partial charge on any atom is -0.490 e. The number of aliphatic hydroxyl groups is 1. The lowest BCUT2D eigenvalue weighted by Gasteiger charge is -2.20. The minimum atomic E-state index is -3.57. The van der Waals surface area contributed by atoms with Crippen molar-refractivity contribution in [3.63, 3.8) is 0 Å². The molecule has 0 spiro atoms. The molecule has 2 atom stereocenters. The first-order chi connectivity index (χ1) is 15.0. The second-order valence-electron chi connectivity index (χ2n) is 8.87. The average molecular weight is 470 g/mol. The Balaban J connectivity index is 1.55. The van der Waals surface area contributed by atoms with Gasteiger partial charge in [0.1, 0.15) is 0 Å². The Morgan fingerprint density at radius 1 is 1.38 bits per heavy atom. The van der Waals surface area contributed by atoms with E-state index in [0.29, 0.717) is 31.6 Å². The smallest absolute Gasteiger partial charge is 0.240 e. The number of sulfonamides is 1. The van der Waals surface area contributed by atoms with Crippen LogP contribution in [0.5, 0.6) is 5.75 Å². The number of ether oxygens (including phenoxy) is 1. The molecule has 2 fully saturated rings. The molecule has 2 aliphatic rings. The lowest BCUT2D eigenvalue weighted by atomic mass is 10.1. The van der Waals surface area contributed by atoms with Crippen LogP contribution in [-0.4, -0.2) is 55.6 Å². The van der Waals surface area contributed by atoms with E-state index in [0.717, 1.165) is 0 Å². The Hall–Kier alpha value is -2.01. The van der Waals surface area contributed by atoms with Gasteiger partial charge in [-0.2, -0.15) is 0 Å². The van der Waals surface area contributed by atoms with Crippen LogP contribution in [0.15, 0.2) is 30.4 Å². The first-order valence-electron chi connectivity index (χ1n) is 10.9. The summed E-state index contributed by atoms with van der Waals surface area (Å²) < 4.78 is 47.7. The van der Waals surface area contributed by atoms with Crippen LogP contribution >= 0.6 is 0 Å². The number of nitrogens with zero attached hydrogens (tertiary/aromatic N) is 1. The van der Waals surface area contributed by atoms with Crippen LogP contribution in [0, 0.1) is 11.7 Å². The molecule has 0 radical (unpaired) electrons. The number of carbonyl (C=O) groups excluding carboxylic acids is 1. The summed E-state index contributed by atoms with van der Waals surface area (Å²) in [5.41, 5.74) is -0.0150. The minimum absolute atomic E-state index is 0.0988. The number of aliphatic hydroxyl groups excluding tert-OH is 1. The summed E-state index contributed by atoms with van der Waals surface area (Å²) in [6.07, 6.45) is 3.99. The number of hydrogen-bond acceptors (Lipinski definition) is 6. The highest BCUT2D eigenvalue weighted by Gasteiger charge is 2.47. The number of allylic oxidation sites excluding steroid dienone is 1. The van der Waals surface area contributed by atoms with Crippen LogP contribution in [0.1, 0.15) is 45.6 Å². The standard InChI is InChI=1S/C22H32FN3O5S/c1-15(2)14-31-19-13-17(7-8-18(19)23)22(9-10-22)25-32(29,30)12-6-4-5-11-26-16(3)20(27)24-21(26)28/h4-5,7-8,13,15-16,21,25,28H,6,9-12,14H2,1-3H3,(H,24,27)/b5-4+/t16-,21?/m1/s1. The maximum Gasteiger partial charge on any atom is 0.240 e. The van der Waals surface area contributed by atoms with Gasteiger partial charge in [-0.1, -0.05) is 32.1 Å². The maximum absolute atomic E-state index is 14.1. The highest BCUT2D eigenvalue weighted by Crippen LogP contribution is 2.47. The third-order valence-electron chi connectivity index (χ3n) is 5.66. The first-order valence-corrected chi connectivity index (χ1v) is 12.5. The fraction of sp³-hybridized carbons (Fsp3) is 0.591. The number of carbonyl (C=O) groups is 1. The molecule has 8 nitrogen and oxygen atoms in total. The van der Waals surface area contributed by atoms with E-state index in [2.05, 4.69) is 10.0 Å². The van der Waals surface area contributed by atoms with Gasteiger partial charge in [0.05, 0.1) is 23.9 Å². The van der Waals surface area contributed by atoms with Crippen molar-refractivity contribution < 1.29 is 27.4 Å². The van der Waals surface area contributed by atoms with Crippen molar-refractivity contribution in [3.05, 3.63) is 41.7 Å². The van der Waals surface area contributed by atoms with Crippen molar-refractivity contribution in [1.82, 2.24) is 14.9 Å². The number of benzene rings is 1. The maximum atomic E-state index is 14.1. The third-order valence-corrected chi connectivity index (χ3v) is 7.13. The highest BCUT2D eigenvalue weighted by atomic mass is 32.2. The van der Waals surface area contributed by atoms with Gasteiger partial charge in [-0.25, -0.2) is 22.4 Å². The van der Waals surface area contributed by atoms with Gasteiger partial charge in [-0.05, 0) is 49.8 Å². The fourth-order valence-corrected chi connectivity index (χ4v) is 5.05. The van der Waals surface area contributed by atoms with Crippen LogP contribution in [0.4, 0.5) is 4.39 Å². The van der Waals surface area contributed by atoms with E-state index in [9.17, 15) is 22.7 Å². The molecule has 1 aliphatic carbocycles. The van der Waals surface area contributed by atoms with Crippen molar-refractivity contribution in [3.8, 4) is 5.75 Å². The molecule has 1 aliphatic heterocycles. The van der Waals surface area contributed by atoms with Gasteiger partial charge in [0.15, 0.2) is 17.9 Å². The number of amides is 1. The molecular weight excluding hydrogens is 437 g/mol. The van der Waals surface area contributed by atoms with Crippen molar-refractivity contribution >= 4 is 15.9 Å². The molecule has 0 bridgehead atoms. The van der Waals surface area contributed by atoms with Gasteiger partial charge < -0.3 is 15.2 Å². The number of nitrogens with one attached hydrogen (secondary N) is 2. The zero-order valence-corrected chi connectivity index (χ0v) is 19.5. The Bertz CT molecular complexity index is 962. The predicted octanol–water partition coefficient (Wildman–Crippen LogP) is 1.81. The lowest BCUT2D eigenvalue weighted by Crippen LogP contribution is -2.38. The van der Waals surface area contributed by atoms with Gasteiger partial charge in [0, 0.05) is 6.54 Å². The summed E-state index contributed by atoms with van der Waals surface area (Å²) in [7, 11) is -3.57. The molecule has 3 N–H and O–H groups in total. The molecular formula is C22H32FN3O5S. The second kappa shape index (κ2) is 9.86. The molecule has 1 heterocycles. The number of hydrogen-bond donors (Lipinski definition) is 3. The van der Waals surface area contributed by atoms with Crippen LogP contribution < -0.4 is 14.8 Å². The fourth-order valence-electron chi connectivity index (χ4n) is 3.58. The lowest BCUT2D eigenvalue weighted by molar-refractivity contribution is -0.121. The Morgan fingerprint density at radius 3 is 2.69 bits per heavy atom. The van der Waals surface area contributed by atoms with E-state index in [1.807, 2.05) is 13.8 Å². The van der Waals surface area contributed by atoms with E-state index in [1.54, 1.807) is 36.1 Å². The molecule has 3 rings (SSSR count). The molecule has 1 aromatic carbocycles. The summed E-state index contributed by atoms with van der Waals surface area (Å²) in [5.74, 6) is -0.430. The molecule has 0 aromatic heterocycles. The zero-order chi connectivity index (χ0) is 23.5. The summed E-state index contributed by atoms with van der Waals surface area (Å²) >= 11 is 0. The molecule has 1 unspecified atom stereocenters. The normalized spacial score (nSPS) is 23.1. The molecule has 178 valence electrons. The highest BCUT2D eigenvalue weighted by molar-refractivity contribution is 7.89. The second-order valence-corrected chi connectivity index (χ2v) is 10.7. The van der Waals surface area contributed by atoms with Gasteiger partial charge in [0.25, 0.3) is 0 Å². The average Bonchev–Trinajstić information content (AvgIpc) is 3.43. The van der Waals surface area contributed by atoms with Crippen LogP contribution in [0.2, 0.25) is 0 Å². The summed E-state index contributed by atoms with van der Waals surface area (Å²) in [6, 6.07) is 4.06.